The van der Waals surface area contributed by atoms with Crippen molar-refractivity contribution in [3.8, 4) is 0 Å². The van der Waals surface area contributed by atoms with Crippen molar-refractivity contribution in [3.05, 3.63) is 24.0 Å². The summed E-state index contributed by atoms with van der Waals surface area (Å²) in [7, 11) is 1.34. The second-order valence-corrected chi connectivity index (χ2v) is 2.10. The minimum Gasteiger partial charge on any atom is -0.452 e. The zero-order valence-electron chi connectivity index (χ0n) is 6.28. The van der Waals surface area contributed by atoms with E-state index in [1.165, 1.54) is 11.7 Å². The molecule has 60 valence electrons. The second kappa shape index (κ2) is 3.21. The average Bonchev–Trinajstić information content (AvgIpc) is 2.50. The number of methoxy groups -OCH3 is 1. The Bertz CT molecular complexity index is 255. The van der Waals surface area contributed by atoms with Crippen molar-refractivity contribution in [2.24, 2.45) is 5.73 Å². The van der Waals surface area contributed by atoms with Gasteiger partial charge in [0.05, 0.1) is 7.11 Å². The van der Waals surface area contributed by atoms with E-state index in [2.05, 4.69) is 4.74 Å². The normalized spacial score (nSPS) is 9.64. The molecule has 0 spiro atoms. The first-order valence-corrected chi connectivity index (χ1v) is 3.23. The Labute approximate surface area is 64.6 Å². The van der Waals surface area contributed by atoms with E-state index in [1.54, 1.807) is 18.5 Å². The number of aromatic nitrogens is 1. The highest BCUT2D eigenvalue weighted by molar-refractivity contribution is 5.70. The van der Waals surface area contributed by atoms with Gasteiger partial charge < -0.3 is 10.5 Å². The van der Waals surface area contributed by atoms with Crippen LogP contribution in [0.5, 0.6) is 0 Å². The summed E-state index contributed by atoms with van der Waals surface area (Å²) in [5.74, 6) is 0. The van der Waals surface area contributed by atoms with Crippen molar-refractivity contribution in [2.45, 2.75) is 6.54 Å². The number of hydrogen-bond donors (Lipinski definition) is 1. The summed E-state index contributed by atoms with van der Waals surface area (Å²) in [5, 5.41) is 0. The maximum Gasteiger partial charge on any atom is 0.417 e. The maximum absolute atomic E-state index is 10.8. The molecule has 4 heteroatoms. The van der Waals surface area contributed by atoms with E-state index in [4.69, 9.17) is 5.73 Å². The van der Waals surface area contributed by atoms with Crippen molar-refractivity contribution in [1.29, 1.82) is 0 Å². The van der Waals surface area contributed by atoms with Crippen LogP contribution in [0.25, 0.3) is 0 Å². The third kappa shape index (κ3) is 1.59. The predicted molar refractivity (Wildman–Crippen MR) is 40.1 cm³/mol. The fourth-order valence-electron chi connectivity index (χ4n) is 0.780. The van der Waals surface area contributed by atoms with Crippen molar-refractivity contribution in [1.82, 2.24) is 4.57 Å². The lowest BCUT2D eigenvalue weighted by Gasteiger charge is -1.96. The molecule has 0 aliphatic carbocycles. The number of hydrogen-bond acceptors (Lipinski definition) is 3. The lowest BCUT2D eigenvalue weighted by atomic mass is 10.4. The molecule has 1 rings (SSSR count). The largest absolute Gasteiger partial charge is 0.452 e. The molecule has 0 bridgehead atoms. The van der Waals surface area contributed by atoms with E-state index in [0.717, 1.165) is 5.56 Å². The molecular formula is C7H10N2O2. The van der Waals surface area contributed by atoms with Gasteiger partial charge in [-0.05, 0) is 11.6 Å². The molecule has 2 N–H and O–H groups in total. The van der Waals surface area contributed by atoms with Crippen LogP contribution in [-0.4, -0.2) is 17.8 Å². The molecular weight excluding hydrogens is 144 g/mol. The molecule has 1 aromatic rings. The Morgan fingerprint density at radius 3 is 3.00 bits per heavy atom. The third-order valence-electron chi connectivity index (χ3n) is 1.38. The van der Waals surface area contributed by atoms with Gasteiger partial charge in [-0.3, -0.25) is 4.57 Å². The van der Waals surface area contributed by atoms with E-state index < -0.39 is 6.09 Å². The summed E-state index contributed by atoms with van der Waals surface area (Å²) in [6.07, 6.45) is 2.87. The molecule has 0 fully saturated rings. The first-order valence-electron chi connectivity index (χ1n) is 3.23. The summed E-state index contributed by atoms with van der Waals surface area (Å²) in [4.78, 5) is 10.8. The fourth-order valence-corrected chi connectivity index (χ4v) is 0.780. The Kier molecular flexibility index (Phi) is 2.28. The topological polar surface area (TPSA) is 57.2 Å². The van der Waals surface area contributed by atoms with Crippen LogP contribution in [0.1, 0.15) is 5.56 Å². The van der Waals surface area contributed by atoms with Crippen LogP contribution in [0.2, 0.25) is 0 Å². The number of rotatable bonds is 1. The van der Waals surface area contributed by atoms with Gasteiger partial charge in [-0.1, -0.05) is 0 Å². The van der Waals surface area contributed by atoms with Crippen molar-refractivity contribution in [2.75, 3.05) is 7.11 Å². The van der Waals surface area contributed by atoms with Crippen molar-refractivity contribution in [3.63, 3.8) is 0 Å². The summed E-state index contributed by atoms with van der Waals surface area (Å²) in [6, 6.07) is 1.77. The van der Waals surface area contributed by atoms with Gasteiger partial charge in [0.1, 0.15) is 0 Å². The molecule has 0 radical (unpaired) electrons. The van der Waals surface area contributed by atoms with Gasteiger partial charge in [-0.15, -0.1) is 0 Å². The second-order valence-electron chi connectivity index (χ2n) is 2.10. The number of ether oxygens (including phenoxy) is 1. The van der Waals surface area contributed by atoms with Crippen LogP contribution < -0.4 is 5.73 Å². The molecule has 0 aliphatic rings. The maximum atomic E-state index is 10.8. The number of nitrogens with two attached hydrogens (primary N) is 1. The summed E-state index contributed by atoms with van der Waals surface area (Å²) in [6.45, 7) is 0.435. The highest BCUT2D eigenvalue weighted by Crippen LogP contribution is 1.99. The van der Waals surface area contributed by atoms with Crippen LogP contribution in [0.15, 0.2) is 18.5 Å². The van der Waals surface area contributed by atoms with Gasteiger partial charge in [0.15, 0.2) is 0 Å². The summed E-state index contributed by atoms with van der Waals surface area (Å²) in [5.41, 5.74) is 6.25. The van der Waals surface area contributed by atoms with Gasteiger partial charge in [0.25, 0.3) is 0 Å². The molecule has 4 nitrogen and oxygen atoms in total. The standard InChI is InChI=1S/C7H10N2O2/c1-11-7(10)9-3-2-6(4-8)5-9/h2-3,5H,4,8H2,1H3. The number of carbonyl (C=O) groups is 1. The Balaban J connectivity index is 2.80. The molecule has 0 unspecified atom stereocenters. The highest BCUT2D eigenvalue weighted by atomic mass is 16.5. The predicted octanol–water partition coefficient (Wildman–Crippen LogP) is 0.561. The Morgan fingerprint density at radius 1 is 1.82 bits per heavy atom. The van der Waals surface area contributed by atoms with Gasteiger partial charge in [-0.2, -0.15) is 0 Å². The van der Waals surface area contributed by atoms with Gasteiger partial charge in [-0.25, -0.2) is 4.79 Å². The first kappa shape index (κ1) is 7.81. The molecule has 0 saturated heterocycles. The van der Waals surface area contributed by atoms with Crippen LogP contribution >= 0.6 is 0 Å². The zero-order valence-corrected chi connectivity index (χ0v) is 6.28. The van der Waals surface area contributed by atoms with Gasteiger partial charge >= 0.3 is 6.09 Å². The molecule has 1 aromatic heterocycles. The molecule has 0 atom stereocenters. The lowest BCUT2D eigenvalue weighted by molar-refractivity contribution is 0.173. The molecule has 1 heterocycles. The minimum absolute atomic E-state index is 0.398. The zero-order chi connectivity index (χ0) is 8.27. The van der Waals surface area contributed by atoms with Crippen LogP contribution in [0.3, 0.4) is 0 Å². The van der Waals surface area contributed by atoms with E-state index in [0.29, 0.717) is 6.54 Å². The number of nitrogens with zero attached hydrogens (tertiary/aromatic N) is 1. The molecule has 0 aromatic carbocycles. The van der Waals surface area contributed by atoms with Crippen LogP contribution in [-0.2, 0) is 11.3 Å². The quantitative estimate of drug-likeness (QED) is 0.643. The Hall–Kier alpha value is -1.29. The Morgan fingerprint density at radius 2 is 2.55 bits per heavy atom. The van der Waals surface area contributed by atoms with Crippen molar-refractivity contribution < 1.29 is 9.53 Å². The molecule has 0 aliphatic heterocycles. The van der Waals surface area contributed by atoms with Crippen molar-refractivity contribution >= 4 is 6.09 Å². The van der Waals surface area contributed by atoms with E-state index >= 15 is 0 Å². The highest BCUT2D eigenvalue weighted by Gasteiger charge is 2.02. The minimum atomic E-state index is -0.398. The SMILES string of the molecule is COC(=O)n1ccc(CN)c1. The molecule has 11 heavy (non-hydrogen) atoms. The van der Waals surface area contributed by atoms with Gasteiger partial charge in [0, 0.05) is 18.9 Å². The monoisotopic (exact) mass is 154 g/mol. The van der Waals surface area contributed by atoms with Gasteiger partial charge in [0.2, 0.25) is 0 Å². The van der Waals surface area contributed by atoms with E-state index in [1.807, 2.05) is 0 Å². The average molecular weight is 154 g/mol. The van der Waals surface area contributed by atoms with Crippen LogP contribution in [0, 0.1) is 0 Å². The summed E-state index contributed by atoms with van der Waals surface area (Å²) < 4.78 is 5.83. The molecule has 0 amide bonds. The lowest BCUT2D eigenvalue weighted by Crippen LogP contribution is -2.08. The smallest absolute Gasteiger partial charge is 0.417 e. The molecule has 0 saturated carbocycles. The van der Waals surface area contributed by atoms with E-state index in [-0.39, 0.29) is 0 Å². The van der Waals surface area contributed by atoms with Crippen LogP contribution in [0.4, 0.5) is 4.79 Å². The van der Waals surface area contributed by atoms with E-state index in [9.17, 15) is 4.79 Å². The third-order valence-corrected chi connectivity index (χ3v) is 1.38. The fraction of sp³-hybridized carbons (Fsp3) is 0.286. The first-order chi connectivity index (χ1) is 5.27. The summed E-state index contributed by atoms with van der Waals surface area (Å²) >= 11 is 0. The number of carbonyl (C=O) groups excluding carboxylic acids is 1.